The summed E-state index contributed by atoms with van der Waals surface area (Å²) < 4.78 is 1.17. The van der Waals surface area contributed by atoms with E-state index in [9.17, 15) is 5.11 Å². The molecule has 74 valence electrons. The Bertz CT molecular complexity index is 214. The maximum absolute atomic E-state index is 9.65. The van der Waals surface area contributed by atoms with Crippen molar-refractivity contribution in [2.75, 3.05) is 0 Å². The van der Waals surface area contributed by atoms with Crippen LogP contribution in [0.4, 0.5) is 0 Å². The van der Waals surface area contributed by atoms with Gasteiger partial charge < -0.3 is 5.11 Å². The lowest BCUT2D eigenvalue weighted by atomic mass is 9.95. The summed E-state index contributed by atoms with van der Waals surface area (Å²) in [5.41, 5.74) is 1.44. The minimum absolute atomic E-state index is 0.277. The predicted molar refractivity (Wildman–Crippen MR) is 65.0 cm³/mol. The molecule has 0 saturated carbocycles. The van der Waals surface area contributed by atoms with Gasteiger partial charge in [0.15, 0.2) is 0 Å². The molecule has 1 aliphatic rings. The first kappa shape index (κ1) is 11.2. The molecule has 1 atom stereocenters. The van der Waals surface area contributed by atoms with Gasteiger partial charge in [-0.1, -0.05) is 11.6 Å². The molecule has 0 radical (unpaired) electrons. The van der Waals surface area contributed by atoms with Crippen LogP contribution in [-0.2, 0) is 0 Å². The van der Waals surface area contributed by atoms with Gasteiger partial charge >= 0.3 is 0 Å². The Morgan fingerprint density at radius 2 is 2.46 bits per heavy atom. The summed E-state index contributed by atoms with van der Waals surface area (Å²) in [6.45, 7) is 2.01. The molecule has 1 rings (SSSR count). The van der Waals surface area contributed by atoms with Gasteiger partial charge in [0.05, 0.1) is 6.10 Å². The van der Waals surface area contributed by atoms with Gasteiger partial charge in [0, 0.05) is 0 Å². The monoisotopic (exact) mass is 292 g/mol. The summed E-state index contributed by atoms with van der Waals surface area (Å²) in [6.07, 6.45) is 9.78. The van der Waals surface area contributed by atoms with E-state index in [2.05, 4.69) is 28.7 Å². The predicted octanol–water partition coefficient (Wildman–Crippen LogP) is 3.58. The lowest BCUT2D eigenvalue weighted by molar-refractivity contribution is 0.221. The van der Waals surface area contributed by atoms with Gasteiger partial charge in [0.2, 0.25) is 0 Å². The normalized spacial score (nSPS) is 21.2. The molecule has 0 aliphatic heterocycles. The highest BCUT2D eigenvalue weighted by atomic mass is 127. The van der Waals surface area contributed by atoms with E-state index < -0.39 is 0 Å². The average molecular weight is 292 g/mol. The van der Waals surface area contributed by atoms with Gasteiger partial charge in [-0.25, -0.2) is 0 Å². The fourth-order valence-electron chi connectivity index (χ4n) is 1.68. The topological polar surface area (TPSA) is 20.2 Å². The Hall–Kier alpha value is 0.170. The van der Waals surface area contributed by atoms with Crippen LogP contribution in [0.25, 0.3) is 0 Å². The van der Waals surface area contributed by atoms with Crippen LogP contribution in [0.15, 0.2) is 21.3 Å². The molecule has 1 aliphatic carbocycles. The van der Waals surface area contributed by atoms with E-state index in [0.717, 1.165) is 6.42 Å². The van der Waals surface area contributed by atoms with E-state index in [1.807, 2.05) is 13.0 Å². The van der Waals surface area contributed by atoms with E-state index >= 15 is 0 Å². The van der Waals surface area contributed by atoms with Crippen LogP contribution in [-0.4, -0.2) is 11.2 Å². The molecular formula is C11H17IO. The smallest absolute Gasteiger partial charge is 0.0767 e. The maximum atomic E-state index is 9.65. The molecule has 0 amide bonds. The SMILES string of the molecule is C/C(I)=C/C(O)CC1=CCCCC1. The van der Waals surface area contributed by atoms with Gasteiger partial charge in [-0.2, -0.15) is 0 Å². The zero-order valence-electron chi connectivity index (χ0n) is 8.09. The van der Waals surface area contributed by atoms with Gasteiger partial charge in [-0.3, -0.25) is 0 Å². The largest absolute Gasteiger partial charge is 0.389 e. The van der Waals surface area contributed by atoms with Crippen LogP contribution in [0.3, 0.4) is 0 Å². The van der Waals surface area contributed by atoms with Gasteiger partial charge in [-0.05, 0) is 71.3 Å². The molecule has 1 unspecified atom stereocenters. The minimum Gasteiger partial charge on any atom is -0.389 e. The standard InChI is InChI=1S/C11H17IO/c1-9(12)7-11(13)8-10-5-3-2-4-6-10/h5,7,11,13H,2-4,6,8H2,1H3/b9-7-. The fraction of sp³-hybridized carbons (Fsp3) is 0.636. The number of aliphatic hydroxyl groups is 1. The summed E-state index contributed by atoms with van der Waals surface area (Å²) in [7, 11) is 0. The van der Waals surface area contributed by atoms with E-state index in [0.29, 0.717) is 0 Å². The molecule has 0 heterocycles. The molecule has 0 aromatic carbocycles. The Labute approximate surface area is 94.1 Å². The summed E-state index contributed by atoms with van der Waals surface area (Å²) >= 11 is 2.23. The number of halogens is 1. The van der Waals surface area contributed by atoms with Crippen LogP contribution in [0.5, 0.6) is 0 Å². The highest BCUT2D eigenvalue weighted by Gasteiger charge is 2.07. The highest BCUT2D eigenvalue weighted by molar-refractivity contribution is 14.1. The van der Waals surface area contributed by atoms with Gasteiger partial charge in [0.25, 0.3) is 0 Å². The lowest BCUT2D eigenvalue weighted by Gasteiger charge is -2.14. The Kier molecular flexibility index (Phi) is 5.02. The molecular weight excluding hydrogens is 275 g/mol. The van der Waals surface area contributed by atoms with E-state index in [4.69, 9.17) is 0 Å². The fourth-order valence-corrected chi connectivity index (χ4v) is 2.10. The first-order chi connectivity index (χ1) is 6.18. The summed E-state index contributed by atoms with van der Waals surface area (Å²) in [5.74, 6) is 0. The Morgan fingerprint density at radius 3 is 3.00 bits per heavy atom. The average Bonchev–Trinajstić information content (AvgIpc) is 2.04. The second-order valence-electron chi connectivity index (χ2n) is 3.63. The zero-order chi connectivity index (χ0) is 9.68. The van der Waals surface area contributed by atoms with Crippen molar-refractivity contribution in [1.29, 1.82) is 0 Å². The molecule has 0 aromatic heterocycles. The first-order valence-electron chi connectivity index (χ1n) is 4.88. The van der Waals surface area contributed by atoms with Crippen molar-refractivity contribution >= 4 is 22.6 Å². The molecule has 2 heteroatoms. The molecule has 0 bridgehead atoms. The zero-order valence-corrected chi connectivity index (χ0v) is 10.3. The van der Waals surface area contributed by atoms with E-state index in [-0.39, 0.29) is 6.10 Å². The minimum atomic E-state index is -0.277. The maximum Gasteiger partial charge on any atom is 0.0767 e. The molecule has 0 fully saturated rings. The van der Waals surface area contributed by atoms with Crippen molar-refractivity contribution in [2.24, 2.45) is 0 Å². The summed E-state index contributed by atoms with van der Waals surface area (Å²) in [4.78, 5) is 0. The van der Waals surface area contributed by atoms with Crippen molar-refractivity contribution < 1.29 is 5.11 Å². The molecule has 0 aromatic rings. The van der Waals surface area contributed by atoms with Gasteiger partial charge in [0.1, 0.15) is 0 Å². The summed E-state index contributed by atoms with van der Waals surface area (Å²) in [6, 6.07) is 0. The van der Waals surface area contributed by atoms with Crippen LogP contribution in [0.1, 0.15) is 39.0 Å². The number of hydrogen-bond donors (Lipinski definition) is 1. The number of rotatable bonds is 3. The highest BCUT2D eigenvalue weighted by Crippen LogP contribution is 2.22. The van der Waals surface area contributed by atoms with Crippen molar-refractivity contribution in [2.45, 2.75) is 45.1 Å². The van der Waals surface area contributed by atoms with Crippen molar-refractivity contribution in [3.63, 3.8) is 0 Å². The van der Waals surface area contributed by atoms with Crippen LogP contribution >= 0.6 is 22.6 Å². The third-order valence-corrected chi connectivity index (χ3v) is 2.64. The van der Waals surface area contributed by atoms with Crippen molar-refractivity contribution in [1.82, 2.24) is 0 Å². The molecule has 13 heavy (non-hydrogen) atoms. The van der Waals surface area contributed by atoms with Crippen molar-refractivity contribution in [3.8, 4) is 0 Å². The quantitative estimate of drug-likeness (QED) is 0.622. The van der Waals surface area contributed by atoms with Crippen molar-refractivity contribution in [3.05, 3.63) is 21.3 Å². The number of aliphatic hydroxyl groups excluding tert-OH is 1. The van der Waals surface area contributed by atoms with Gasteiger partial charge in [-0.15, -0.1) is 0 Å². The second-order valence-corrected chi connectivity index (χ2v) is 5.33. The Balaban J connectivity index is 2.39. The number of allylic oxidation sites excluding steroid dienone is 2. The van der Waals surface area contributed by atoms with Crippen LogP contribution in [0.2, 0.25) is 0 Å². The molecule has 1 nitrogen and oxygen atoms in total. The molecule has 0 saturated heterocycles. The molecule has 0 spiro atoms. The summed E-state index contributed by atoms with van der Waals surface area (Å²) in [5, 5.41) is 9.65. The third-order valence-electron chi connectivity index (χ3n) is 2.28. The Morgan fingerprint density at radius 1 is 1.69 bits per heavy atom. The second kappa shape index (κ2) is 5.81. The number of hydrogen-bond acceptors (Lipinski definition) is 1. The van der Waals surface area contributed by atoms with E-state index in [1.54, 1.807) is 0 Å². The van der Waals surface area contributed by atoms with Crippen LogP contribution in [0, 0.1) is 0 Å². The third kappa shape index (κ3) is 4.81. The first-order valence-corrected chi connectivity index (χ1v) is 5.96. The van der Waals surface area contributed by atoms with Crippen LogP contribution < -0.4 is 0 Å². The molecule has 1 N–H and O–H groups in total. The van der Waals surface area contributed by atoms with E-state index in [1.165, 1.54) is 34.8 Å². The lowest BCUT2D eigenvalue weighted by Crippen LogP contribution is -2.05.